The summed E-state index contributed by atoms with van der Waals surface area (Å²) in [6.45, 7) is 8.10. The average Bonchev–Trinajstić information content (AvgIpc) is 2.92. The van der Waals surface area contributed by atoms with Crippen LogP contribution < -0.4 is 21.5 Å². The highest BCUT2D eigenvalue weighted by Gasteiger charge is 2.11. The summed E-state index contributed by atoms with van der Waals surface area (Å²) in [4.78, 5) is 14.9. The topological polar surface area (TPSA) is 105 Å². The number of hydrogen-bond acceptors (Lipinski definition) is 8. The normalized spacial score (nSPS) is 10.5. The van der Waals surface area contributed by atoms with E-state index in [0.717, 1.165) is 24.6 Å². The molecule has 0 fully saturated rings. The molecule has 8 heteroatoms. The zero-order valence-electron chi connectivity index (χ0n) is 12.6. The van der Waals surface area contributed by atoms with Crippen LogP contribution in [0, 0.1) is 6.92 Å². The highest BCUT2D eigenvalue weighted by Crippen LogP contribution is 2.14. The molecule has 0 bridgehead atoms. The van der Waals surface area contributed by atoms with Crippen molar-refractivity contribution >= 4 is 17.8 Å². The molecule has 2 heterocycles. The minimum absolute atomic E-state index is 0.324. The largest absolute Gasteiger partial charge is 0.465 e. The maximum absolute atomic E-state index is 5.50. The standard InChI is InChI=1S/C13H21N7O/c1-4-20(5-2)13-17-11(16-12(18-13)19-14)15-8-10-7-6-9(3)21-10/h6-7H,4-5,8,14H2,1-3H3,(H2,15,16,17,18,19). The molecule has 0 radical (unpaired) electrons. The van der Waals surface area contributed by atoms with Gasteiger partial charge in [-0.15, -0.1) is 0 Å². The molecule has 0 unspecified atom stereocenters. The lowest BCUT2D eigenvalue weighted by atomic mass is 10.4. The molecule has 21 heavy (non-hydrogen) atoms. The van der Waals surface area contributed by atoms with E-state index in [1.54, 1.807) is 0 Å². The van der Waals surface area contributed by atoms with E-state index in [-0.39, 0.29) is 0 Å². The highest BCUT2D eigenvalue weighted by atomic mass is 16.3. The first kappa shape index (κ1) is 15.0. The number of hydrazine groups is 1. The van der Waals surface area contributed by atoms with Crippen LogP contribution in [0.25, 0.3) is 0 Å². The second-order valence-electron chi connectivity index (χ2n) is 4.47. The fourth-order valence-corrected chi connectivity index (χ4v) is 1.90. The molecule has 0 spiro atoms. The number of nitrogen functional groups attached to an aromatic ring is 1. The summed E-state index contributed by atoms with van der Waals surface area (Å²) in [5, 5.41) is 3.11. The zero-order valence-corrected chi connectivity index (χ0v) is 12.6. The smallest absolute Gasteiger partial charge is 0.243 e. The van der Waals surface area contributed by atoms with Gasteiger partial charge in [-0.3, -0.25) is 5.43 Å². The van der Waals surface area contributed by atoms with Gasteiger partial charge in [-0.25, -0.2) is 5.84 Å². The van der Waals surface area contributed by atoms with Crippen LogP contribution in [-0.2, 0) is 6.54 Å². The molecule has 2 rings (SSSR count). The fraction of sp³-hybridized carbons (Fsp3) is 0.462. The molecule has 0 amide bonds. The SMILES string of the molecule is CCN(CC)c1nc(NN)nc(NCc2ccc(C)o2)n1. The van der Waals surface area contributed by atoms with Crippen molar-refractivity contribution in [2.24, 2.45) is 5.84 Å². The molecule has 2 aromatic heterocycles. The van der Waals surface area contributed by atoms with Gasteiger partial charge in [0, 0.05) is 13.1 Å². The second kappa shape index (κ2) is 6.89. The Kier molecular flexibility index (Phi) is 4.94. The predicted octanol–water partition coefficient (Wildman–Crippen LogP) is 1.52. The Morgan fingerprint density at radius 1 is 1.14 bits per heavy atom. The number of nitrogens with one attached hydrogen (secondary N) is 2. The number of furan rings is 1. The van der Waals surface area contributed by atoms with Crippen LogP contribution >= 0.6 is 0 Å². The van der Waals surface area contributed by atoms with E-state index in [2.05, 4.69) is 25.7 Å². The summed E-state index contributed by atoms with van der Waals surface area (Å²) in [6.07, 6.45) is 0. The van der Waals surface area contributed by atoms with Gasteiger partial charge in [-0.2, -0.15) is 15.0 Å². The first-order valence-corrected chi connectivity index (χ1v) is 6.93. The molecule has 114 valence electrons. The molecular weight excluding hydrogens is 270 g/mol. The lowest BCUT2D eigenvalue weighted by molar-refractivity contribution is 0.490. The Balaban J connectivity index is 2.16. The predicted molar refractivity (Wildman–Crippen MR) is 82.0 cm³/mol. The maximum atomic E-state index is 5.50. The molecule has 4 N–H and O–H groups in total. The number of hydrogen-bond donors (Lipinski definition) is 3. The lowest BCUT2D eigenvalue weighted by Gasteiger charge is -2.19. The van der Waals surface area contributed by atoms with Crippen molar-refractivity contribution in [3.8, 4) is 0 Å². The van der Waals surface area contributed by atoms with Crippen LogP contribution in [0.15, 0.2) is 16.5 Å². The summed E-state index contributed by atoms with van der Waals surface area (Å²) in [5.74, 6) is 8.46. The van der Waals surface area contributed by atoms with Gasteiger partial charge >= 0.3 is 0 Å². The van der Waals surface area contributed by atoms with E-state index >= 15 is 0 Å². The molecular formula is C13H21N7O. The summed E-state index contributed by atoms with van der Waals surface area (Å²) in [5.41, 5.74) is 2.46. The molecule has 0 aliphatic carbocycles. The van der Waals surface area contributed by atoms with Gasteiger partial charge in [0.2, 0.25) is 17.8 Å². The molecule has 0 saturated carbocycles. The Labute approximate surface area is 123 Å². The van der Waals surface area contributed by atoms with Crippen LogP contribution in [0.3, 0.4) is 0 Å². The number of anilines is 3. The van der Waals surface area contributed by atoms with Crippen molar-refractivity contribution in [2.45, 2.75) is 27.3 Å². The van der Waals surface area contributed by atoms with Gasteiger partial charge in [0.25, 0.3) is 0 Å². The maximum Gasteiger partial charge on any atom is 0.243 e. The Morgan fingerprint density at radius 3 is 2.43 bits per heavy atom. The zero-order chi connectivity index (χ0) is 15.2. The quantitative estimate of drug-likeness (QED) is 0.521. The summed E-state index contributed by atoms with van der Waals surface area (Å²) < 4.78 is 5.50. The van der Waals surface area contributed by atoms with Gasteiger partial charge in [-0.05, 0) is 32.9 Å². The summed E-state index contributed by atoms with van der Waals surface area (Å²) >= 11 is 0. The van der Waals surface area contributed by atoms with Crippen LogP contribution in [0.1, 0.15) is 25.4 Å². The van der Waals surface area contributed by atoms with Crippen molar-refractivity contribution in [1.29, 1.82) is 0 Å². The minimum Gasteiger partial charge on any atom is -0.465 e. The van der Waals surface area contributed by atoms with Crippen molar-refractivity contribution in [1.82, 2.24) is 15.0 Å². The minimum atomic E-state index is 0.324. The van der Waals surface area contributed by atoms with E-state index < -0.39 is 0 Å². The van der Waals surface area contributed by atoms with Gasteiger partial charge in [-0.1, -0.05) is 0 Å². The third-order valence-corrected chi connectivity index (χ3v) is 3.02. The number of aryl methyl sites for hydroxylation is 1. The van der Waals surface area contributed by atoms with Crippen molar-refractivity contribution < 1.29 is 4.42 Å². The molecule has 2 aromatic rings. The van der Waals surface area contributed by atoms with E-state index in [1.807, 2.05) is 37.8 Å². The van der Waals surface area contributed by atoms with Gasteiger partial charge < -0.3 is 14.6 Å². The van der Waals surface area contributed by atoms with Crippen LogP contribution in [0.4, 0.5) is 17.8 Å². The van der Waals surface area contributed by atoms with E-state index in [1.165, 1.54) is 0 Å². The number of rotatable bonds is 7. The number of nitrogens with two attached hydrogens (primary N) is 1. The Morgan fingerprint density at radius 2 is 1.86 bits per heavy atom. The molecule has 0 aromatic carbocycles. The van der Waals surface area contributed by atoms with Crippen LogP contribution in [0.5, 0.6) is 0 Å². The molecule has 8 nitrogen and oxygen atoms in total. The second-order valence-corrected chi connectivity index (χ2v) is 4.47. The monoisotopic (exact) mass is 291 g/mol. The third kappa shape index (κ3) is 3.82. The van der Waals surface area contributed by atoms with Crippen molar-refractivity contribution in [3.05, 3.63) is 23.7 Å². The molecule has 0 aliphatic rings. The fourth-order valence-electron chi connectivity index (χ4n) is 1.90. The van der Waals surface area contributed by atoms with E-state index in [9.17, 15) is 0 Å². The average molecular weight is 291 g/mol. The molecule has 0 aliphatic heterocycles. The lowest BCUT2D eigenvalue weighted by Crippen LogP contribution is -2.26. The Bertz CT molecular complexity index is 580. The number of nitrogens with zero attached hydrogens (tertiary/aromatic N) is 4. The van der Waals surface area contributed by atoms with Crippen molar-refractivity contribution in [2.75, 3.05) is 28.7 Å². The Hall–Kier alpha value is -2.35. The van der Waals surface area contributed by atoms with Crippen molar-refractivity contribution in [3.63, 3.8) is 0 Å². The van der Waals surface area contributed by atoms with Gasteiger partial charge in [0.15, 0.2) is 0 Å². The van der Waals surface area contributed by atoms with Crippen LogP contribution in [0.2, 0.25) is 0 Å². The third-order valence-electron chi connectivity index (χ3n) is 3.02. The summed E-state index contributed by atoms with van der Waals surface area (Å²) in [7, 11) is 0. The first-order valence-electron chi connectivity index (χ1n) is 6.93. The first-order chi connectivity index (χ1) is 10.2. The van der Waals surface area contributed by atoms with E-state index in [0.29, 0.717) is 24.4 Å². The highest BCUT2D eigenvalue weighted by molar-refractivity contribution is 5.43. The molecule has 0 saturated heterocycles. The molecule has 0 atom stereocenters. The van der Waals surface area contributed by atoms with E-state index in [4.69, 9.17) is 10.3 Å². The van der Waals surface area contributed by atoms with Gasteiger partial charge in [0.05, 0.1) is 6.54 Å². The summed E-state index contributed by atoms with van der Waals surface area (Å²) in [6, 6.07) is 3.83. The van der Waals surface area contributed by atoms with Gasteiger partial charge in [0.1, 0.15) is 11.5 Å². The number of aromatic nitrogens is 3. The van der Waals surface area contributed by atoms with Crippen LogP contribution in [-0.4, -0.2) is 28.0 Å².